The first-order valence-corrected chi connectivity index (χ1v) is 11.1. The maximum atomic E-state index is 13.1. The van der Waals surface area contributed by atoms with Crippen LogP contribution in [0.15, 0.2) is 29.3 Å². The Balaban J connectivity index is 1.77. The highest BCUT2D eigenvalue weighted by Crippen LogP contribution is 2.39. The van der Waals surface area contributed by atoms with Crippen LogP contribution in [0.25, 0.3) is 0 Å². The number of halogens is 1. The lowest BCUT2D eigenvalue weighted by molar-refractivity contribution is -0.137. The largest absolute Gasteiger partial charge is 0.481 e. The average molecular weight is 414 g/mol. The Kier molecular flexibility index (Phi) is 5.85. The summed E-state index contributed by atoms with van der Waals surface area (Å²) in [5.74, 6) is -1.72. The van der Waals surface area contributed by atoms with E-state index in [0.29, 0.717) is 11.7 Å². The predicted molar refractivity (Wildman–Crippen MR) is 99.7 cm³/mol. The summed E-state index contributed by atoms with van der Waals surface area (Å²) in [4.78, 5) is 28.5. The second kappa shape index (κ2) is 7.97. The smallest absolute Gasteiger partial charge is 0.303 e. The van der Waals surface area contributed by atoms with Gasteiger partial charge in [0.05, 0.1) is 17.5 Å². The number of fused-ring (bicyclic) bond motifs is 1. The van der Waals surface area contributed by atoms with Gasteiger partial charge in [-0.25, -0.2) is 12.8 Å². The fourth-order valence-electron chi connectivity index (χ4n) is 3.16. The molecule has 0 spiro atoms. The van der Waals surface area contributed by atoms with Gasteiger partial charge in [-0.3, -0.25) is 9.59 Å². The van der Waals surface area contributed by atoms with Gasteiger partial charge in [-0.05, 0) is 24.1 Å². The van der Waals surface area contributed by atoms with Crippen molar-refractivity contribution in [3.05, 3.63) is 35.6 Å². The molecule has 27 heavy (non-hydrogen) atoms. The van der Waals surface area contributed by atoms with Crippen molar-refractivity contribution in [2.75, 3.05) is 11.5 Å². The Morgan fingerprint density at radius 2 is 1.93 bits per heavy atom. The highest BCUT2D eigenvalue weighted by atomic mass is 32.2. The van der Waals surface area contributed by atoms with Crippen molar-refractivity contribution < 1.29 is 27.5 Å². The quantitative estimate of drug-likeness (QED) is 0.755. The third kappa shape index (κ3) is 5.07. The molecule has 1 aromatic rings. The van der Waals surface area contributed by atoms with E-state index in [1.807, 2.05) is 0 Å². The molecule has 2 fully saturated rings. The third-order valence-electron chi connectivity index (χ3n) is 4.44. The number of sulfone groups is 1. The van der Waals surface area contributed by atoms with Crippen molar-refractivity contribution in [1.82, 2.24) is 4.90 Å². The molecule has 2 heterocycles. The molecule has 2 unspecified atom stereocenters. The zero-order valence-electron chi connectivity index (χ0n) is 14.4. The topological polar surface area (TPSA) is 104 Å². The van der Waals surface area contributed by atoms with E-state index in [0.717, 1.165) is 5.56 Å². The number of carbonyl (C=O) groups is 2. The molecular weight excluding hydrogens is 395 g/mol. The summed E-state index contributed by atoms with van der Waals surface area (Å²) in [7, 11) is -3.14. The maximum absolute atomic E-state index is 13.1. The van der Waals surface area contributed by atoms with Crippen LogP contribution in [0.4, 0.5) is 4.39 Å². The van der Waals surface area contributed by atoms with Gasteiger partial charge in [0.2, 0.25) is 5.91 Å². The third-order valence-corrected chi connectivity index (χ3v) is 7.69. The van der Waals surface area contributed by atoms with Crippen molar-refractivity contribution in [3.63, 3.8) is 0 Å². The Labute approximate surface area is 160 Å². The molecule has 0 aliphatic carbocycles. The van der Waals surface area contributed by atoms with E-state index in [2.05, 4.69) is 4.99 Å². The molecule has 2 atom stereocenters. The fraction of sp³-hybridized carbons (Fsp3) is 0.471. The number of rotatable bonds is 6. The number of amidine groups is 1. The van der Waals surface area contributed by atoms with E-state index >= 15 is 0 Å². The number of nitrogens with zero attached hydrogens (tertiary/aromatic N) is 2. The van der Waals surface area contributed by atoms with Gasteiger partial charge in [0.1, 0.15) is 5.82 Å². The molecule has 0 radical (unpaired) electrons. The molecule has 10 heteroatoms. The number of hydrogen-bond acceptors (Lipinski definition) is 5. The summed E-state index contributed by atoms with van der Waals surface area (Å²) in [6, 6.07) is 5.60. The Bertz CT molecular complexity index is 870. The van der Waals surface area contributed by atoms with Crippen LogP contribution in [0, 0.1) is 5.82 Å². The van der Waals surface area contributed by atoms with Crippen LogP contribution >= 0.6 is 11.8 Å². The summed E-state index contributed by atoms with van der Waals surface area (Å²) in [5.41, 5.74) is 0.785. The van der Waals surface area contributed by atoms with Crippen molar-refractivity contribution in [2.45, 2.75) is 37.1 Å². The molecule has 1 amide bonds. The number of carbonyl (C=O) groups excluding carboxylic acids is 1. The monoisotopic (exact) mass is 414 g/mol. The average Bonchev–Trinajstić information content (AvgIpc) is 3.02. The van der Waals surface area contributed by atoms with Crippen LogP contribution in [0.2, 0.25) is 0 Å². The van der Waals surface area contributed by atoms with Crippen molar-refractivity contribution >= 4 is 38.6 Å². The number of amides is 1. The summed E-state index contributed by atoms with van der Waals surface area (Å²) >= 11 is 1.27. The minimum absolute atomic E-state index is 0.00190. The van der Waals surface area contributed by atoms with Crippen LogP contribution in [0.3, 0.4) is 0 Å². The molecule has 0 saturated carbocycles. The van der Waals surface area contributed by atoms with Crippen molar-refractivity contribution in [2.24, 2.45) is 4.99 Å². The minimum Gasteiger partial charge on any atom is -0.481 e. The summed E-state index contributed by atoms with van der Waals surface area (Å²) < 4.78 is 37.1. The van der Waals surface area contributed by atoms with Crippen LogP contribution in [0.5, 0.6) is 0 Å². The second-order valence-electron chi connectivity index (χ2n) is 6.59. The van der Waals surface area contributed by atoms with Crippen molar-refractivity contribution in [1.29, 1.82) is 0 Å². The Hall–Kier alpha value is -1.94. The van der Waals surface area contributed by atoms with E-state index < -0.39 is 21.7 Å². The molecule has 2 aliphatic heterocycles. The van der Waals surface area contributed by atoms with Gasteiger partial charge < -0.3 is 10.0 Å². The number of aliphatic carboxylic acids is 1. The van der Waals surface area contributed by atoms with E-state index in [4.69, 9.17) is 5.11 Å². The minimum atomic E-state index is -3.14. The lowest BCUT2D eigenvalue weighted by Crippen LogP contribution is -2.37. The molecule has 146 valence electrons. The normalized spacial score (nSPS) is 24.9. The molecule has 0 bridgehead atoms. The fourth-order valence-corrected chi connectivity index (χ4v) is 7.13. The van der Waals surface area contributed by atoms with Gasteiger partial charge in [0.25, 0.3) is 0 Å². The van der Waals surface area contributed by atoms with Crippen LogP contribution in [0.1, 0.15) is 24.8 Å². The van der Waals surface area contributed by atoms with E-state index in [-0.39, 0.29) is 47.9 Å². The molecule has 0 aromatic heterocycles. The SMILES string of the molecule is O=C(O)CCCC(=O)N=C1SC2CS(=O)(=O)CC2N1Cc1ccc(F)cc1. The van der Waals surface area contributed by atoms with Gasteiger partial charge in [-0.2, -0.15) is 4.99 Å². The zero-order valence-corrected chi connectivity index (χ0v) is 16.0. The predicted octanol–water partition coefficient (Wildman–Crippen LogP) is 1.68. The first-order chi connectivity index (χ1) is 12.7. The van der Waals surface area contributed by atoms with Crippen LogP contribution in [-0.4, -0.2) is 58.3 Å². The highest BCUT2D eigenvalue weighted by Gasteiger charge is 2.48. The summed E-state index contributed by atoms with van der Waals surface area (Å²) in [6.07, 6.45) is 0.121. The summed E-state index contributed by atoms with van der Waals surface area (Å²) in [6.45, 7) is 0.325. The molecule has 2 aliphatic rings. The molecule has 1 aromatic carbocycles. The lowest BCUT2D eigenvalue weighted by Gasteiger charge is -2.24. The van der Waals surface area contributed by atoms with Crippen molar-refractivity contribution in [3.8, 4) is 0 Å². The molecule has 7 nitrogen and oxygen atoms in total. The number of carboxylic acid groups (broad SMARTS) is 1. The van der Waals surface area contributed by atoms with Gasteiger partial charge in [-0.15, -0.1) is 0 Å². The number of carboxylic acids is 1. The molecule has 2 saturated heterocycles. The number of hydrogen-bond donors (Lipinski definition) is 1. The van der Waals surface area contributed by atoms with E-state index in [1.54, 1.807) is 17.0 Å². The highest BCUT2D eigenvalue weighted by molar-refractivity contribution is 8.15. The number of thioether (sulfide) groups is 1. The molecule has 3 rings (SSSR count). The first kappa shape index (κ1) is 19.8. The molecular formula is C17H19FN2O5S2. The van der Waals surface area contributed by atoms with E-state index in [9.17, 15) is 22.4 Å². The second-order valence-corrected chi connectivity index (χ2v) is 9.95. The van der Waals surface area contributed by atoms with Crippen LogP contribution in [-0.2, 0) is 26.0 Å². The Morgan fingerprint density at radius 3 is 2.59 bits per heavy atom. The summed E-state index contributed by atoms with van der Waals surface area (Å²) in [5, 5.41) is 8.91. The van der Waals surface area contributed by atoms with E-state index in [1.165, 1.54) is 23.9 Å². The first-order valence-electron chi connectivity index (χ1n) is 8.45. The number of aliphatic imine (C=N–C) groups is 1. The lowest BCUT2D eigenvalue weighted by atomic mass is 10.1. The maximum Gasteiger partial charge on any atom is 0.303 e. The van der Waals surface area contributed by atoms with Gasteiger partial charge >= 0.3 is 5.97 Å². The van der Waals surface area contributed by atoms with Gasteiger partial charge in [0.15, 0.2) is 15.0 Å². The van der Waals surface area contributed by atoms with Gasteiger partial charge in [-0.1, -0.05) is 23.9 Å². The Morgan fingerprint density at radius 1 is 1.22 bits per heavy atom. The zero-order chi connectivity index (χ0) is 19.6. The molecule has 1 N–H and O–H groups in total. The van der Waals surface area contributed by atoms with Crippen LogP contribution < -0.4 is 0 Å². The number of benzene rings is 1. The standard InChI is InChI=1S/C17H19FN2O5S2/c18-12-6-4-11(5-7-12)8-20-13-9-27(24,25)10-14(13)26-17(20)19-15(21)2-1-3-16(22)23/h4-7,13-14H,1-3,8-10H2,(H,22,23). The van der Waals surface area contributed by atoms with Gasteiger partial charge in [0, 0.05) is 24.6 Å².